The number of benzene rings is 1. The fraction of sp³-hybridized carbons (Fsp3) is 0.300. The number of hydrogen-bond acceptors (Lipinski definition) is 5. The molecule has 0 amide bonds. The second-order valence-corrected chi connectivity index (χ2v) is 5.32. The lowest BCUT2D eigenvalue weighted by atomic mass is 10.4. The van der Waals surface area contributed by atoms with Gasteiger partial charge in [-0.3, -0.25) is 0 Å². The second kappa shape index (κ2) is 6.55. The van der Waals surface area contributed by atoms with Crippen LogP contribution in [0.4, 0.5) is 0 Å². The van der Waals surface area contributed by atoms with E-state index in [0.29, 0.717) is 0 Å². The first-order chi connectivity index (χ1) is 7.95. The van der Waals surface area contributed by atoms with Gasteiger partial charge >= 0.3 is 0 Å². The van der Waals surface area contributed by atoms with Gasteiger partial charge in [-0.15, -0.1) is 16.9 Å². The van der Waals surface area contributed by atoms with Gasteiger partial charge in [0, 0.05) is 10.6 Å². The van der Waals surface area contributed by atoms with Crippen molar-refractivity contribution >= 4 is 23.5 Å². The van der Waals surface area contributed by atoms with E-state index < -0.39 is 0 Å². The van der Waals surface area contributed by atoms with E-state index in [4.69, 9.17) is 0 Å². The molecule has 0 saturated carbocycles. The number of H-pyrrole nitrogens is 1. The summed E-state index contributed by atoms with van der Waals surface area (Å²) >= 11 is 3.54. The summed E-state index contributed by atoms with van der Waals surface area (Å²) in [5.74, 6) is 2.16. The van der Waals surface area contributed by atoms with Crippen molar-refractivity contribution in [1.82, 2.24) is 20.6 Å². The van der Waals surface area contributed by atoms with Gasteiger partial charge < -0.3 is 0 Å². The van der Waals surface area contributed by atoms with Crippen molar-refractivity contribution in [3.63, 3.8) is 0 Å². The van der Waals surface area contributed by atoms with Crippen LogP contribution in [0, 0.1) is 0 Å². The molecule has 0 aliphatic rings. The molecule has 0 spiro atoms. The first-order valence-electron chi connectivity index (χ1n) is 4.99. The minimum atomic E-state index is 0.796. The smallest absolute Gasteiger partial charge is 0.206 e. The average molecular weight is 252 g/mol. The molecular weight excluding hydrogens is 240 g/mol. The molecule has 0 aliphatic carbocycles. The summed E-state index contributed by atoms with van der Waals surface area (Å²) in [6.45, 7) is 0. The van der Waals surface area contributed by atoms with Crippen LogP contribution in [-0.4, -0.2) is 32.1 Å². The van der Waals surface area contributed by atoms with E-state index in [9.17, 15) is 0 Å². The second-order valence-electron chi connectivity index (χ2n) is 3.07. The third-order valence-electron chi connectivity index (χ3n) is 1.87. The Hall–Kier alpha value is -1.01. The molecule has 0 radical (unpaired) electrons. The highest BCUT2D eigenvalue weighted by Crippen LogP contribution is 2.19. The van der Waals surface area contributed by atoms with E-state index in [0.717, 1.165) is 23.1 Å². The first kappa shape index (κ1) is 11.5. The van der Waals surface area contributed by atoms with E-state index in [2.05, 4.69) is 44.9 Å². The number of hydrogen-bond donors (Lipinski definition) is 1. The highest BCUT2D eigenvalue weighted by Gasteiger charge is 1.97. The predicted octanol–water partition coefficient (Wildman–Crippen LogP) is 2.47. The standard InChI is InChI=1S/C10H12N4S2/c1-2-5-9(6-3-1)15-7-4-8-16-10-11-13-14-12-10/h1-3,5-6H,4,7-8H2,(H,11,12,13,14). The maximum absolute atomic E-state index is 3.81. The quantitative estimate of drug-likeness (QED) is 0.632. The van der Waals surface area contributed by atoms with Crippen molar-refractivity contribution in [2.24, 2.45) is 0 Å². The maximum atomic E-state index is 3.81. The lowest BCUT2D eigenvalue weighted by Gasteiger charge is -2.00. The third kappa shape index (κ3) is 3.86. The number of tetrazole rings is 1. The molecular formula is C10H12N4S2. The molecule has 16 heavy (non-hydrogen) atoms. The molecule has 0 bridgehead atoms. The Morgan fingerprint density at radius 3 is 2.62 bits per heavy atom. The number of aromatic amines is 1. The molecule has 1 aromatic heterocycles. The summed E-state index contributed by atoms with van der Waals surface area (Å²) in [6, 6.07) is 10.4. The number of aromatic nitrogens is 4. The van der Waals surface area contributed by atoms with Crippen LogP contribution in [0.5, 0.6) is 0 Å². The van der Waals surface area contributed by atoms with Gasteiger partial charge in [0.05, 0.1) is 0 Å². The molecule has 84 valence electrons. The molecule has 2 aromatic rings. The third-order valence-corrected chi connectivity index (χ3v) is 3.90. The Bertz CT molecular complexity index is 390. The number of nitrogens with zero attached hydrogens (tertiary/aromatic N) is 3. The monoisotopic (exact) mass is 252 g/mol. The highest BCUT2D eigenvalue weighted by molar-refractivity contribution is 8.00. The predicted molar refractivity (Wildman–Crippen MR) is 66.7 cm³/mol. The first-order valence-corrected chi connectivity index (χ1v) is 6.96. The molecule has 1 heterocycles. The van der Waals surface area contributed by atoms with E-state index >= 15 is 0 Å². The van der Waals surface area contributed by atoms with Crippen molar-refractivity contribution < 1.29 is 0 Å². The summed E-state index contributed by atoms with van der Waals surface area (Å²) in [5.41, 5.74) is 0. The summed E-state index contributed by atoms with van der Waals surface area (Å²) in [4.78, 5) is 1.33. The lowest BCUT2D eigenvalue weighted by molar-refractivity contribution is 0.881. The minimum Gasteiger partial charge on any atom is -0.234 e. The Morgan fingerprint density at radius 1 is 1.06 bits per heavy atom. The van der Waals surface area contributed by atoms with E-state index in [-0.39, 0.29) is 0 Å². The van der Waals surface area contributed by atoms with Gasteiger partial charge in [-0.1, -0.05) is 30.0 Å². The van der Waals surface area contributed by atoms with E-state index in [1.165, 1.54) is 4.90 Å². The van der Waals surface area contributed by atoms with Crippen molar-refractivity contribution in [3.8, 4) is 0 Å². The molecule has 2 rings (SSSR count). The van der Waals surface area contributed by atoms with Crippen LogP contribution >= 0.6 is 23.5 Å². The zero-order valence-corrected chi connectivity index (χ0v) is 10.3. The van der Waals surface area contributed by atoms with Crippen LogP contribution in [0.3, 0.4) is 0 Å². The Kier molecular flexibility index (Phi) is 4.69. The fourth-order valence-corrected chi connectivity index (χ4v) is 2.88. The van der Waals surface area contributed by atoms with Crippen LogP contribution in [0.25, 0.3) is 0 Å². The summed E-state index contributed by atoms with van der Waals surface area (Å²) in [6.07, 6.45) is 1.14. The van der Waals surface area contributed by atoms with Crippen LogP contribution in [0.1, 0.15) is 6.42 Å². The Labute approximate surface area is 103 Å². The van der Waals surface area contributed by atoms with Gasteiger partial charge in [0.25, 0.3) is 0 Å². The molecule has 0 fully saturated rings. The van der Waals surface area contributed by atoms with Gasteiger partial charge in [0.2, 0.25) is 5.16 Å². The van der Waals surface area contributed by atoms with Gasteiger partial charge in [-0.2, -0.15) is 0 Å². The summed E-state index contributed by atoms with van der Waals surface area (Å²) in [7, 11) is 0. The van der Waals surface area contributed by atoms with Crippen molar-refractivity contribution in [2.75, 3.05) is 11.5 Å². The number of thioether (sulfide) groups is 2. The molecule has 0 saturated heterocycles. The van der Waals surface area contributed by atoms with Crippen LogP contribution in [0.2, 0.25) is 0 Å². The molecule has 1 aromatic carbocycles. The molecule has 6 heteroatoms. The zero-order valence-electron chi connectivity index (χ0n) is 8.67. The van der Waals surface area contributed by atoms with Gasteiger partial charge in [0.1, 0.15) is 0 Å². The van der Waals surface area contributed by atoms with Gasteiger partial charge in [-0.25, -0.2) is 5.10 Å². The maximum Gasteiger partial charge on any atom is 0.206 e. The van der Waals surface area contributed by atoms with Gasteiger partial charge in [-0.05, 0) is 34.7 Å². The zero-order chi connectivity index (χ0) is 11.1. The normalized spacial score (nSPS) is 10.5. The fourth-order valence-electron chi connectivity index (χ4n) is 1.15. The van der Waals surface area contributed by atoms with Crippen LogP contribution < -0.4 is 0 Å². The molecule has 4 nitrogen and oxygen atoms in total. The summed E-state index contributed by atoms with van der Waals surface area (Å²) < 4.78 is 0. The van der Waals surface area contributed by atoms with E-state index in [1.807, 2.05) is 17.8 Å². The molecule has 0 atom stereocenters. The summed E-state index contributed by atoms with van der Waals surface area (Å²) in [5, 5.41) is 14.4. The SMILES string of the molecule is c1ccc(SCCCSc2nnn[nH]2)cc1. The highest BCUT2D eigenvalue weighted by atomic mass is 32.2. The van der Waals surface area contributed by atoms with Crippen molar-refractivity contribution in [2.45, 2.75) is 16.5 Å². The number of rotatable bonds is 6. The van der Waals surface area contributed by atoms with Gasteiger partial charge in [0.15, 0.2) is 0 Å². The van der Waals surface area contributed by atoms with Crippen molar-refractivity contribution in [3.05, 3.63) is 30.3 Å². The molecule has 0 unspecified atom stereocenters. The lowest BCUT2D eigenvalue weighted by Crippen LogP contribution is -1.85. The topological polar surface area (TPSA) is 54.5 Å². The van der Waals surface area contributed by atoms with E-state index in [1.54, 1.807) is 11.8 Å². The minimum absolute atomic E-state index is 0.796. The van der Waals surface area contributed by atoms with Crippen molar-refractivity contribution in [1.29, 1.82) is 0 Å². The molecule has 0 aliphatic heterocycles. The Balaban J connectivity index is 1.59. The number of nitrogens with one attached hydrogen (secondary N) is 1. The largest absolute Gasteiger partial charge is 0.234 e. The Morgan fingerprint density at radius 2 is 1.88 bits per heavy atom. The average Bonchev–Trinajstić information content (AvgIpc) is 2.83. The molecule has 1 N–H and O–H groups in total. The van der Waals surface area contributed by atoms with Crippen LogP contribution in [0.15, 0.2) is 40.4 Å². The van der Waals surface area contributed by atoms with Crippen LogP contribution in [-0.2, 0) is 0 Å².